The van der Waals surface area contributed by atoms with Gasteiger partial charge in [-0.3, -0.25) is 32.7 Å². The molecule has 11 aromatic heterocycles. The van der Waals surface area contributed by atoms with E-state index in [0.717, 1.165) is 182 Å². The third-order valence-electron chi connectivity index (χ3n) is 27.3. The average Bonchev–Trinajstić information content (AvgIpc) is 1.23. The molecule has 1 aliphatic rings. The van der Waals surface area contributed by atoms with Gasteiger partial charge in [-0.15, -0.1) is 0 Å². The van der Waals surface area contributed by atoms with E-state index < -0.39 is 0 Å². The number of aromatic nitrogens is 12. The largest absolute Gasteiger partial charge is 0.309 e. The van der Waals surface area contributed by atoms with Crippen LogP contribution in [-0.4, -0.2) is 57.2 Å². The number of benzene rings is 17. The lowest BCUT2D eigenvalue weighted by Gasteiger charge is -2.22. The van der Waals surface area contributed by atoms with E-state index in [0.29, 0.717) is 0 Å². The van der Waals surface area contributed by atoms with Crippen LogP contribution in [-0.2, 0) is 5.41 Å². The van der Waals surface area contributed by atoms with Gasteiger partial charge in [0.15, 0.2) is 0 Å². The molecule has 130 heavy (non-hydrogen) atoms. The molecule has 12 nitrogen and oxygen atoms in total. The Morgan fingerprint density at radius 1 is 0.215 bits per heavy atom. The molecule has 0 radical (unpaired) electrons. The van der Waals surface area contributed by atoms with Crippen LogP contribution in [0.4, 0.5) is 0 Å². The Kier molecular flexibility index (Phi) is 15.9. The number of para-hydroxylation sites is 11. The fraction of sp³-hybridized carbons (Fsp3) is 0.0254. The van der Waals surface area contributed by atoms with E-state index in [1.54, 1.807) is 0 Å². The van der Waals surface area contributed by atoms with Crippen LogP contribution >= 0.6 is 0 Å². The van der Waals surface area contributed by atoms with Gasteiger partial charge in [0, 0.05) is 116 Å². The number of imidazole rings is 4. The smallest absolute Gasteiger partial charge is 0.146 e. The van der Waals surface area contributed by atoms with Crippen molar-refractivity contribution in [3.05, 3.63) is 424 Å². The third kappa shape index (κ3) is 11.0. The molecular formula is C118H74N12. The Hall–Kier alpha value is -17.4. The molecule has 0 saturated carbocycles. The maximum Gasteiger partial charge on any atom is 0.146 e. The fourth-order valence-corrected chi connectivity index (χ4v) is 21.3. The van der Waals surface area contributed by atoms with Crippen molar-refractivity contribution in [2.45, 2.75) is 19.3 Å². The van der Waals surface area contributed by atoms with Crippen LogP contribution in [0.25, 0.3) is 248 Å². The Labute approximate surface area is 743 Å². The topological polar surface area (TPSA) is 113 Å². The van der Waals surface area contributed by atoms with E-state index in [1.165, 1.54) is 77.1 Å². The van der Waals surface area contributed by atoms with Gasteiger partial charge >= 0.3 is 0 Å². The molecule has 0 spiro atoms. The maximum absolute atomic E-state index is 5.09. The molecule has 1 aliphatic carbocycles. The fourth-order valence-electron chi connectivity index (χ4n) is 21.3. The number of fused-ring (bicyclic) bond motifs is 37. The number of pyridine rings is 6. The Morgan fingerprint density at radius 2 is 0.569 bits per heavy atom. The minimum absolute atomic E-state index is 0.0342. The molecule has 17 aromatic carbocycles. The average molecular weight is 1660 g/mol. The lowest BCUT2D eigenvalue weighted by atomic mass is 9.81. The summed E-state index contributed by atoms with van der Waals surface area (Å²) in [4.78, 5) is 35.0. The van der Waals surface area contributed by atoms with Crippen LogP contribution in [0.3, 0.4) is 0 Å². The summed E-state index contributed by atoms with van der Waals surface area (Å²) in [5, 5.41) is 16.2. The molecule has 0 saturated heterocycles. The van der Waals surface area contributed by atoms with Crippen molar-refractivity contribution in [3.8, 4) is 67.3 Å². The Balaban J connectivity index is 0.000000101. The van der Waals surface area contributed by atoms with Gasteiger partial charge in [0.05, 0.1) is 88.3 Å². The third-order valence-corrected chi connectivity index (χ3v) is 27.3. The van der Waals surface area contributed by atoms with Crippen LogP contribution < -0.4 is 0 Å². The van der Waals surface area contributed by atoms with Crippen molar-refractivity contribution in [2.75, 3.05) is 0 Å². The number of nitrogens with zero attached hydrogens (tertiary/aromatic N) is 12. The highest BCUT2D eigenvalue weighted by Gasteiger charge is 2.36. The predicted molar refractivity (Wildman–Crippen MR) is 537 cm³/mol. The van der Waals surface area contributed by atoms with Crippen LogP contribution in [0.1, 0.15) is 25.0 Å². The lowest BCUT2D eigenvalue weighted by molar-refractivity contribution is 0.660. The minimum Gasteiger partial charge on any atom is -0.309 e. The highest BCUT2D eigenvalue weighted by molar-refractivity contribution is 6.27. The molecular weight excluding hydrogens is 1590 g/mol. The van der Waals surface area contributed by atoms with Gasteiger partial charge in [-0.2, -0.15) is 0 Å². The first-order chi connectivity index (χ1) is 64.2. The zero-order valence-electron chi connectivity index (χ0n) is 70.6. The van der Waals surface area contributed by atoms with Crippen molar-refractivity contribution in [1.29, 1.82) is 0 Å². The van der Waals surface area contributed by atoms with E-state index in [4.69, 9.17) is 34.9 Å². The quantitative estimate of drug-likeness (QED) is 0.152. The molecule has 606 valence electrons. The minimum atomic E-state index is -0.0342. The summed E-state index contributed by atoms with van der Waals surface area (Å²) in [5.74, 6) is 0.926. The van der Waals surface area contributed by atoms with Crippen LogP contribution in [0.15, 0.2) is 413 Å². The summed E-state index contributed by atoms with van der Waals surface area (Å²) in [5.41, 5.74) is 35.9. The summed E-state index contributed by atoms with van der Waals surface area (Å²) in [7, 11) is 0. The SMILES string of the molecule is CC1(C)c2ccccc2-c2ccc(-c3ccc4c(c3)c3c(ccc5cccnc53)c3nc5ccccc5n43)cc21.c1ccc(-n2c(-c3ccc(-c4ccc5c(c4)c4c(ccc6cccnc64)c4nc6ccccc6n54)cc3)nc3ccccc32)cc1.c1cnc2c(c1)ccc1c2c2cc(-c3ccc(-n4c5ccccc5c5ccccc54)cc3)ccc2n2c3ccccc3nc12. The van der Waals surface area contributed by atoms with E-state index in [1.807, 2.05) is 55.0 Å². The van der Waals surface area contributed by atoms with Gasteiger partial charge < -0.3 is 4.57 Å². The van der Waals surface area contributed by atoms with E-state index in [9.17, 15) is 0 Å². The van der Waals surface area contributed by atoms with Gasteiger partial charge in [0.2, 0.25) is 0 Å². The molecule has 0 fully saturated rings. The zero-order valence-corrected chi connectivity index (χ0v) is 70.6. The molecule has 0 bridgehead atoms. The molecule has 28 aromatic rings. The van der Waals surface area contributed by atoms with Crippen LogP contribution in [0.5, 0.6) is 0 Å². The molecule has 0 unspecified atom stereocenters. The number of hydrogen-bond donors (Lipinski definition) is 0. The second-order valence-corrected chi connectivity index (χ2v) is 34.7. The van der Waals surface area contributed by atoms with Gasteiger partial charge in [0.1, 0.15) is 22.8 Å². The summed E-state index contributed by atoms with van der Waals surface area (Å²) in [6, 6.07) is 141. The Morgan fingerprint density at radius 3 is 1.05 bits per heavy atom. The van der Waals surface area contributed by atoms with Crippen molar-refractivity contribution in [3.63, 3.8) is 0 Å². The highest BCUT2D eigenvalue weighted by Crippen LogP contribution is 2.51. The normalized spacial score (nSPS) is 12.6. The van der Waals surface area contributed by atoms with Crippen molar-refractivity contribution in [2.24, 2.45) is 0 Å². The molecule has 0 atom stereocenters. The summed E-state index contributed by atoms with van der Waals surface area (Å²) >= 11 is 0. The predicted octanol–water partition coefficient (Wildman–Crippen LogP) is 29.4. The zero-order chi connectivity index (χ0) is 85.6. The molecule has 0 aliphatic heterocycles. The van der Waals surface area contributed by atoms with E-state index in [-0.39, 0.29) is 5.41 Å². The Bertz CT molecular complexity index is 9620. The van der Waals surface area contributed by atoms with Gasteiger partial charge in [-0.05, 0) is 219 Å². The van der Waals surface area contributed by atoms with Crippen LogP contribution in [0, 0.1) is 0 Å². The molecule has 12 heteroatoms. The van der Waals surface area contributed by atoms with Crippen molar-refractivity contribution in [1.82, 2.24) is 57.2 Å². The molecule has 29 rings (SSSR count). The summed E-state index contributed by atoms with van der Waals surface area (Å²) < 4.78 is 11.5. The second kappa shape index (κ2) is 28.3. The van der Waals surface area contributed by atoms with Crippen molar-refractivity contribution >= 4 is 181 Å². The first kappa shape index (κ1) is 73.0. The number of hydrogen-bond acceptors (Lipinski definition) is 7. The highest BCUT2D eigenvalue weighted by atomic mass is 15.1. The van der Waals surface area contributed by atoms with Crippen molar-refractivity contribution < 1.29 is 0 Å². The summed E-state index contributed by atoms with van der Waals surface area (Å²) in [6.07, 6.45) is 5.66. The van der Waals surface area contributed by atoms with Gasteiger partial charge in [0.25, 0.3) is 0 Å². The summed E-state index contributed by atoms with van der Waals surface area (Å²) in [6.45, 7) is 4.68. The first-order valence-corrected chi connectivity index (χ1v) is 44.2. The second-order valence-electron chi connectivity index (χ2n) is 34.7. The maximum atomic E-state index is 5.09. The number of rotatable bonds is 6. The van der Waals surface area contributed by atoms with Gasteiger partial charge in [-0.25, -0.2) is 19.9 Å². The first-order valence-electron chi connectivity index (χ1n) is 44.2. The molecule has 11 heterocycles. The monoisotopic (exact) mass is 1660 g/mol. The standard InChI is InChI=1S/C41H25N5.C40H24N4.C37H25N3/c1-2-10-30(11-3-1)45-36-14-6-4-12-33(36)43-40(45)28-18-16-26(17-19-28)29-21-23-35-32(25-29)38-31(22-20-27-9-8-24-42-39(27)38)41-44-34-13-5-7-15-37(34)46(35)41;1-4-12-34-29(9-1)30-10-2-5-13-35(30)43(34)28-19-15-25(16-20-28)27-18-22-36-32(24-27)38-31(21-17-26-8-7-23-41-39(26)38)40-42-33-11-3-6-14-37(33)44(36)40;1-37(2)29-10-4-3-9-25(29)26-16-14-24(21-30(26)37)23-15-18-32-28(20-23)34-27(17-13-22-8-7-19-38-35(22)34)36-39-31-11-5-6-12-33(31)40(32)36/h1-25H;1-24H;3-21H,1-2H3. The lowest BCUT2D eigenvalue weighted by Crippen LogP contribution is -2.14. The van der Waals surface area contributed by atoms with Crippen LogP contribution in [0.2, 0.25) is 0 Å². The van der Waals surface area contributed by atoms with E-state index in [2.05, 4.69) is 394 Å². The van der Waals surface area contributed by atoms with E-state index >= 15 is 0 Å². The van der Waals surface area contributed by atoms with Gasteiger partial charge in [-0.1, -0.05) is 244 Å². The molecule has 0 amide bonds. The molecule has 0 N–H and O–H groups in total.